The number of amides is 1. The number of fused-ring (bicyclic) bond motifs is 2. The Bertz CT molecular complexity index is 909. The van der Waals surface area contributed by atoms with E-state index in [9.17, 15) is 4.79 Å². The van der Waals surface area contributed by atoms with Crippen LogP contribution in [0.2, 0.25) is 0 Å². The summed E-state index contributed by atoms with van der Waals surface area (Å²) in [4.78, 5) is 36.1. The second-order valence-electron chi connectivity index (χ2n) is 7.83. The van der Waals surface area contributed by atoms with E-state index in [4.69, 9.17) is 19.6 Å². The van der Waals surface area contributed by atoms with E-state index >= 15 is 0 Å². The summed E-state index contributed by atoms with van der Waals surface area (Å²) in [7, 11) is 1.78. The SMILES string of the molecule is Cn1cnc(C(=O)N2CCC3(CCCc4sc(N5CCOCC5)nc43)C2)n1.O=CO. The van der Waals surface area contributed by atoms with Crippen molar-refractivity contribution in [3.63, 3.8) is 0 Å². The van der Waals surface area contributed by atoms with Crippen LogP contribution in [0.3, 0.4) is 0 Å². The molecule has 0 aromatic carbocycles. The van der Waals surface area contributed by atoms with Gasteiger partial charge >= 0.3 is 0 Å². The van der Waals surface area contributed by atoms with Gasteiger partial charge in [0.1, 0.15) is 6.33 Å². The van der Waals surface area contributed by atoms with Crippen LogP contribution in [0.5, 0.6) is 0 Å². The minimum atomic E-state index is -0.250. The molecule has 162 valence electrons. The van der Waals surface area contributed by atoms with E-state index in [1.807, 2.05) is 16.2 Å². The van der Waals surface area contributed by atoms with E-state index < -0.39 is 0 Å². The second kappa shape index (κ2) is 8.68. The van der Waals surface area contributed by atoms with Gasteiger partial charge in [0.2, 0.25) is 5.82 Å². The molecular weight excluding hydrogens is 408 g/mol. The predicted molar refractivity (Wildman–Crippen MR) is 110 cm³/mol. The molecule has 2 aromatic heterocycles. The highest BCUT2D eigenvalue weighted by atomic mass is 32.1. The van der Waals surface area contributed by atoms with Crippen molar-refractivity contribution in [1.29, 1.82) is 0 Å². The Labute approximate surface area is 178 Å². The monoisotopic (exact) mass is 434 g/mol. The molecule has 5 rings (SSSR count). The van der Waals surface area contributed by atoms with E-state index in [0.29, 0.717) is 0 Å². The predicted octanol–water partition coefficient (Wildman–Crippen LogP) is 0.929. The van der Waals surface area contributed by atoms with Gasteiger partial charge in [-0.25, -0.2) is 9.97 Å². The summed E-state index contributed by atoms with van der Waals surface area (Å²) < 4.78 is 7.05. The normalized spacial score (nSPS) is 23.1. The van der Waals surface area contributed by atoms with Crippen LogP contribution in [0, 0.1) is 0 Å². The standard InChI is InChI=1S/C18H24N6O2S.CH2O2/c1-22-12-19-15(21-22)16(25)24-6-5-18(11-24)4-2-3-13-14(18)20-17(27-13)23-7-9-26-10-8-23;2-1-3/h12H,2-11H2,1H3;1H,(H,2,3). The first-order chi connectivity index (χ1) is 14.6. The van der Waals surface area contributed by atoms with E-state index in [2.05, 4.69) is 15.0 Å². The van der Waals surface area contributed by atoms with Crippen molar-refractivity contribution in [3.05, 3.63) is 22.7 Å². The smallest absolute Gasteiger partial charge is 0.293 e. The molecule has 0 radical (unpaired) electrons. The van der Waals surface area contributed by atoms with Crippen molar-refractivity contribution in [2.75, 3.05) is 44.3 Å². The molecule has 0 bridgehead atoms. The van der Waals surface area contributed by atoms with Crippen molar-refractivity contribution in [2.45, 2.75) is 31.1 Å². The summed E-state index contributed by atoms with van der Waals surface area (Å²) in [6, 6.07) is 0. The molecule has 2 fully saturated rings. The first-order valence-corrected chi connectivity index (χ1v) is 10.9. The topological polar surface area (TPSA) is 114 Å². The molecule has 3 aliphatic rings. The summed E-state index contributed by atoms with van der Waals surface area (Å²) in [5.41, 5.74) is 1.24. The van der Waals surface area contributed by atoms with Crippen LogP contribution in [0.25, 0.3) is 0 Å². The molecule has 2 aliphatic heterocycles. The van der Waals surface area contributed by atoms with Gasteiger partial charge in [-0.1, -0.05) is 0 Å². The fraction of sp³-hybridized carbons (Fsp3) is 0.632. The van der Waals surface area contributed by atoms with Crippen LogP contribution < -0.4 is 4.90 Å². The molecule has 1 unspecified atom stereocenters. The minimum Gasteiger partial charge on any atom is -0.483 e. The third-order valence-corrected chi connectivity index (χ3v) is 7.14. The van der Waals surface area contributed by atoms with Crippen LogP contribution in [-0.4, -0.2) is 81.5 Å². The zero-order valence-corrected chi connectivity index (χ0v) is 17.8. The van der Waals surface area contributed by atoms with Crippen LogP contribution in [0.15, 0.2) is 6.33 Å². The maximum Gasteiger partial charge on any atom is 0.293 e. The number of morpholine rings is 1. The number of carboxylic acid groups (broad SMARTS) is 1. The molecule has 1 N–H and O–H groups in total. The lowest BCUT2D eigenvalue weighted by Gasteiger charge is -2.32. The van der Waals surface area contributed by atoms with Crippen molar-refractivity contribution < 1.29 is 19.4 Å². The Hall–Kier alpha value is -2.53. The second-order valence-corrected chi connectivity index (χ2v) is 8.89. The number of hydrogen-bond donors (Lipinski definition) is 1. The number of anilines is 1. The first-order valence-electron chi connectivity index (χ1n) is 10.1. The van der Waals surface area contributed by atoms with E-state index in [-0.39, 0.29) is 23.6 Å². The Morgan fingerprint density at radius 2 is 2.07 bits per heavy atom. The van der Waals surface area contributed by atoms with E-state index in [1.165, 1.54) is 17.0 Å². The number of ether oxygens (including phenoxy) is 1. The molecule has 1 spiro atoms. The van der Waals surface area contributed by atoms with Gasteiger partial charge in [0.05, 0.1) is 18.9 Å². The van der Waals surface area contributed by atoms with Crippen LogP contribution in [0.4, 0.5) is 5.13 Å². The lowest BCUT2D eigenvalue weighted by atomic mass is 9.74. The van der Waals surface area contributed by atoms with Crippen molar-refractivity contribution >= 4 is 28.8 Å². The highest BCUT2D eigenvalue weighted by molar-refractivity contribution is 7.15. The van der Waals surface area contributed by atoms with Crippen LogP contribution in [-0.2, 0) is 28.4 Å². The molecule has 10 nitrogen and oxygen atoms in total. The molecule has 1 atom stereocenters. The third kappa shape index (κ3) is 3.91. The van der Waals surface area contributed by atoms with Crippen molar-refractivity contribution in [3.8, 4) is 0 Å². The van der Waals surface area contributed by atoms with E-state index in [0.717, 1.165) is 63.8 Å². The van der Waals surface area contributed by atoms with Crippen LogP contribution in [0.1, 0.15) is 40.5 Å². The van der Waals surface area contributed by atoms with Crippen molar-refractivity contribution in [2.24, 2.45) is 7.05 Å². The number of carbonyl (C=O) groups is 2. The largest absolute Gasteiger partial charge is 0.483 e. The maximum atomic E-state index is 12.8. The Balaban J connectivity index is 0.000000687. The van der Waals surface area contributed by atoms with E-state index in [1.54, 1.807) is 18.1 Å². The number of likely N-dealkylation sites (tertiary alicyclic amines) is 1. The summed E-state index contributed by atoms with van der Waals surface area (Å²) in [5.74, 6) is 0.223. The molecular formula is C19H26N6O4S. The zero-order chi connectivity index (χ0) is 21.1. The number of hydrogen-bond acceptors (Lipinski definition) is 8. The Morgan fingerprint density at radius 1 is 1.30 bits per heavy atom. The third-order valence-electron chi connectivity index (χ3n) is 5.96. The number of aryl methyl sites for hydroxylation is 2. The Morgan fingerprint density at radius 3 is 2.77 bits per heavy atom. The molecule has 0 saturated carbocycles. The molecule has 30 heavy (non-hydrogen) atoms. The van der Waals surface area contributed by atoms with Gasteiger partial charge in [0.15, 0.2) is 5.13 Å². The van der Waals surface area contributed by atoms with Gasteiger partial charge in [-0.3, -0.25) is 14.3 Å². The van der Waals surface area contributed by atoms with Gasteiger partial charge in [-0.05, 0) is 25.7 Å². The quantitative estimate of drug-likeness (QED) is 0.695. The fourth-order valence-electron chi connectivity index (χ4n) is 4.54. The van der Waals surface area contributed by atoms with Crippen LogP contribution >= 0.6 is 11.3 Å². The average molecular weight is 435 g/mol. The number of thiazole rings is 1. The summed E-state index contributed by atoms with van der Waals surface area (Å²) in [5, 5.41) is 12.2. The molecule has 2 saturated heterocycles. The van der Waals surface area contributed by atoms with Gasteiger partial charge < -0.3 is 19.6 Å². The summed E-state index contributed by atoms with van der Waals surface area (Å²) in [6.07, 6.45) is 5.93. The zero-order valence-electron chi connectivity index (χ0n) is 17.0. The first kappa shape index (κ1) is 20.7. The number of carbonyl (C=O) groups excluding carboxylic acids is 1. The fourth-order valence-corrected chi connectivity index (χ4v) is 5.81. The molecule has 1 aliphatic carbocycles. The van der Waals surface area contributed by atoms with Gasteiger partial charge in [0, 0.05) is 43.5 Å². The molecule has 4 heterocycles. The van der Waals surface area contributed by atoms with Gasteiger partial charge in [-0.2, -0.15) is 0 Å². The Kier molecular flexibility index (Phi) is 6.00. The lowest BCUT2D eigenvalue weighted by Crippen LogP contribution is -2.38. The number of rotatable bonds is 2. The van der Waals surface area contributed by atoms with Gasteiger partial charge in [-0.15, -0.1) is 16.4 Å². The average Bonchev–Trinajstić information content (AvgIpc) is 3.48. The molecule has 11 heteroatoms. The number of aromatic nitrogens is 4. The minimum absolute atomic E-state index is 0.000932. The van der Waals surface area contributed by atoms with Gasteiger partial charge in [0.25, 0.3) is 12.4 Å². The lowest BCUT2D eigenvalue weighted by molar-refractivity contribution is -0.122. The number of nitrogens with zero attached hydrogens (tertiary/aromatic N) is 6. The highest BCUT2D eigenvalue weighted by Gasteiger charge is 2.46. The maximum absolute atomic E-state index is 12.8. The summed E-state index contributed by atoms with van der Waals surface area (Å²) in [6.45, 7) is 4.60. The molecule has 2 aromatic rings. The highest BCUT2D eigenvalue weighted by Crippen LogP contribution is 2.47. The summed E-state index contributed by atoms with van der Waals surface area (Å²) >= 11 is 1.84. The van der Waals surface area contributed by atoms with Crippen molar-refractivity contribution in [1.82, 2.24) is 24.6 Å². The molecule has 1 amide bonds.